The van der Waals surface area contributed by atoms with Gasteiger partial charge in [-0.1, -0.05) is 6.07 Å². The molecule has 0 saturated carbocycles. The molecule has 4 nitrogen and oxygen atoms in total. The molecule has 0 saturated heterocycles. The van der Waals surface area contributed by atoms with E-state index in [-0.39, 0.29) is 16.9 Å². The first-order valence-electron chi connectivity index (χ1n) is 6.09. The van der Waals surface area contributed by atoms with Crippen LogP contribution in [0.2, 0.25) is 0 Å². The van der Waals surface area contributed by atoms with Crippen LogP contribution in [0, 0.1) is 20.8 Å². The third kappa shape index (κ3) is 2.62. The van der Waals surface area contributed by atoms with E-state index >= 15 is 0 Å². The van der Waals surface area contributed by atoms with Gasteiger partial charge in [-0.25, -0.2) is 4.68 Å². The third-order valence-corrected chi connectivity index (χ3v) is 2.89. The molecular formula is C15H16N2O2. The largest absolute Gasteiger partial charge is 0.293 e. The van der Waals surface area contributed by atoms with Crippen molar-refractivity contribution < 1.29 is 4.79 Å². The number of aryl methyl sites for hydroxylation is 3. The number of carbonyl (C=O) groups excluding carboxylic acids is 1. The van der Waals surface area contributed by atoms with Crippen molar-refractivity contribution in [1.82, 2.24) is 9.78 Å². The van der Waals surface area contributed by atoms with Gasteiger partial charge in [-0.3, -0.25) is 9.59 Å². The van der Waals surface area contributed by atoms with Crippen LogP contribution in [-0.4, -0.2) is 15.6 Å². The summed E-state index contributed by atoms with van der Waals surface area (Å²) in [6, 6.07) is 7.46. The summed E-state index contributed by atoms with van der Waals surface area (Å²) in [7, 11) is 0. The van der Waals surface area contributed by atoms with Crippen LogP contribution in [0.15, 0.2) is 29.1 Å². The average Bonchev–Trinajstić information content (AvgIpc) is 2.26. The molecule has 0 aliphatic carbocycles. The van der Waals surface area contributed by atoms with Gasteiger partial charge in [0, 0.05) is 18.7 Å². The molecule has 0 atom stereocenters. The highest BCUT2D eigenvalue weighted by molar-refractivity contribution is 5.91. The molecule has 0 radical (unpaired) electrons. The van der Waals surface area contributed by atoms with Crippen LogP contribution >= 0.6 is 0 Å². The SMILES string of the molecule is CC(=O)c1nn(-c2cc(C)cc(C)c2)c(C)cc1=O. The fourth-order valence-corrected chi connectivity index (χ4v) is 2.13. The average molecular weight is 256 g/mol. The molecule has 1 aromatic heterocycles. The van der Waals surface area contributed by atoms with Gasteiger partial charge in [0.15, 0.2) is 11.5 Å². The summed E-state index contributed by atoms with van der Waals surface area (Å²) in [6.07, 6.45) is 0. The van der Waals surface area contributed by atoms with Crippen molar-refractivity contribution in [3.63, 3.8) is 0 Å². The quantitative estimate of drug-likeness (QED) is 0.775. The summed E-state index contributed by atoms with van der Waals surface area (Å²) < 4.78 is 1.64. The molecule has 0 N–H and O–H groups in total. The van der Waals surface area contributed by atoms with Crippen LogP contribution in [0.25, 0.3) is 5.69 Å². The first-order valence-corrected chi connectivity index (χ1v) is 6.09. The molecule has 1 aromatic carbocycles. The van der Waals surface area contributed by atoms with E-state index in [1.165, 1.54) is 13.0 Å². The minimum atomic E-state index is -0.328. The maximum atomic E-state index is 11.7. The van der Waals surface area contributed by atoms with Gasteiger partial charge in [0.1, 0.15) is 0 Å². The highest BCUT2D eigenvalue weighted by Gasteiger charge is 2.11. The number of nitrogens with zero attached hydrogens (tertiary/aromatic N) is 2. The Kier molecular flexibility index (Phi) is 3.34. The van der Waals surface area contributed by atoms with E-state index in [1.54, 1.807) is 11.6 Å². The number of hydrogen-bond donors (Lipinski definition) is 0. The molecular weight excluding hydrogens is 240 g/mol. The Balaban J connectivity index is 2.71. The van der Waals surface area contributed by atoms with Gasteiger partial charge in [-0.2, -0.15) is 5.10 Å². The molecule has 0 spiro atoms. The number of carbonyl (C=O) groups is 1. The van der Waals surface area contributed by atoms with Gasteiger partial charge in [0.05, 0.1) is 5.69 Å². The first kappa shape index (κ1) is 13.2. The van der Waals surface area contributed by atoms with Crippen LogP contribution < -0.4 is 5.43 Å². The van der Waals surface area contributed by atoms with E-state index in [1.807, 2.05) is 26.0 Å². The zero-order valence-corrected chi connectivity index (χ0v) is 11.5. The first-order chi connectivity index (χ1) is 8.88. The summed E-state index contributed by atoms with van der Waals surface area (Å²) in [5.41, 5.74) is 3.44. The van der Waals surface area contributed by atoms with Crippen LogP contribution in [0.3, 0.4) is 0 Å². The fraction of sp³-hybridized carbons (Fsp3) is 0.267. The molecule has 2 aromatic rings. The lowest BCUT2D eigenvalue weighted by atomic mass is 10.1. The van der Waals surface area contributed by atoms with Gasteiger partial charge in [-0.05, 0) is 44.0 Å². The second-order valence-corrected chi connectivity index (χ2v) is 4.81. The lowest BCUT2D eigenvalue weighted by Crippen LogP contribution is -2.21. The van der Waals surface area contributed by atoms with Gasteiger partial charge >= 0.3 is 0 Å². The van der Waals surface area contributed by atoms with Crippen LogP contribution in [0.1, 0.15) is 34.2 Å². The maximum absolute atomic E-state index is 11.7. The van der Waals surface area contributed by atoms with Gasteiger partial charge in [-0.15, -0.1) is 0 Å². The van der Waals surface area contributed by atoms with Crippen molar-refractivity contribution in [3.8, 4) is 5.69 Å². The van der Waals surface area contributed by atoms with Crippen molar-refractivity contribution >= 4 is 5.78 Å². The van der Waals surface area contributed by atoms with E-state index in [0.29, 0.717) is 5.69 Å². The highest BCUT2D eigenvalue weighted by atomic mass is 16.1. The molecule has 1 heterocycles. The number of aromatic nitrogens is 2. The summed E-state index contributed by atoms with van der Waals surface area (Å²) in [5.74, 6) is -0.317. The summed E-state index contributed by atoms with van der Waals surface area (Å²) in [4.78, 5) is 23.1. The minimum Gasteiger partial charge on any atom is -0.293 e. The smallest absolute Gasteiger partial charge is 0.211 e. The molecule has 19 heavy (non-hydrogen) atoms. The van der Waals surface area contributed by atoms with E-state index in [4.69, 9.17) is 0 Å². The molecule has 0 unspecified atom stereocenters. The van der Waals surface area contributed by atoms with Crippen molar-refractivity contribution in [2.45, 2.75) is 27.7 Å². The highest BCUT2D eigenvalue weighted by Crippen LogP contribution is 2.14. The maximum Gasteiger partial charge on any atom is 0.211 e. The normalized spacial score (nSPS) is 10.5. The van der Waals surface area contributed by atoms with Crippen LogP contribution in [0.5, 0.6) is 0 Å². The summed E-state index contributed by atoms with van der Waals surface area (Å²) in [6.45, 7) is 7.15. The topological polar surface area (TPSA) is 52.0 Å². The number of rotatable bonds is 2. The predicted molar refractivity (Wildman–Crippen MR) is 74.0 cm³/mol. The zero-order chi connectivity index (χ0) is 14.2. The van der Waals surface area contributed by atoms with E-state index in [9.17, 15) is 9.59 Å². The number of hydrogen-bond acceptors (Lipinski definition) is 3. The van der Waals surface area contributed by atoms with Crippen molar-refractivity contribution in [3.05, 3.63) is 57.0 Å². The second kappa shape index (κ2) is 4.80. The Bertz CT molecular complexity index is 694. The molecule has 0 bridgehead atoms. The monoisotopic (exact) mass is 256 g/mol. The minimum absolute atomic E-state index is 0.0234. The van der Waals surface area contributed by atoms with Crippen molar-refractivity contribution in [1.29, 1.82) is 0 Å². The predicted octanol–water partition coefficient (Wildman–Crippen LogP) is 2.36. The lowest BCUT2D eigenvalue weighted by Gasteiger charge is -2.12. The number of ketones is 1. The summed E-state index contributed by atoms with van der Waals surface area (Å²) >= 11 is 0. The Labute approximate surface area is 111 Å². The van der Waals surface area contributed by atoms with Crippen LogP contribution in [0.4, 0.5) is 0 Å². The second-order valence-electron chi connectivity index (χ2n) is 4.81. The number of benzene rings is 1. The van der Waals surface area contributed by atoms with Crippen LogP contribution in [-0.2, 0) is 0 Å². The fourth-order valence-electron chi connectivity index (χ4n) is 2.13. The third-order valence-electron chi connectivity index (χ3n) is 2.89. The molecule has 98 valence electrons. The molecule has 2 rings (SSSR count). The molecule has 4 heteroatoms. The number of Topliss-reactive ketones (excluding diaryl/α,β-unsaturated/α-hetero) is 1. The Hall–Kier alpha value is -2.23. The lowest BCUT2D eigenvalue weighted by molar-refractivity contribution is 0.101. The van der Waals surface area contributed by atoms with Crippen molar-refractivity contribution in [2.75, 3.05) is 0 Å². The standard InChI is InChI=1S/C15H16N2O2/c1-9-5-10(2)7-13(6-9)17-11(3)8-14(19)15(16-17)12(4)18/h5-8H,1-4H3. The summed E-state index contributed by atoms with van der Waals surface area (Å²) in [5, 5.41) is 4.18. The molecule has 0 aliphatic rings. The Morgan fingerprint density at radius 1 is 1.05 bits per heavy atom. The van der Waals surface area contributed by atoms with E-state index < -0.39 is 0 Å². The van der Waals surface area contributed by atoms with E-state index in [2.05, 4.69) is 11.2 Å². The molecule has 0 aliphatic heterocycles. The van der Waals surface area contributed by atoms with Gasteiger partial charge < -0.3 is 0 Å². The van der Waals surface area contributed by atoms with Crippen molar-refractivity contribution in [2.24, 2.45) is 0 Å². The Morgan fingerprint density at radius 3 is 2.16 bits per heavy atom. The molecule has 0 fully saturated rings. The molecule has 0 amide bonds. The zero-order valence-electron chi connectivity index (χ0n) is 11.5. The van der Waals surface area contributed by atoms with Gasteiger partial charge in [0.2, 0.25) is 5.43 Å². The van der Waals surface area contributed by atoms with E-state index in [0.717, 1.165) is 16.8 Å². The Morgan fingerprint density at radius 2 is 1.63 bits per heavy atom. The van der Waals surface area contributed by atoms with Gasteiger partial charge in [0.25, 0.3) is 0 Å².